The average Bonchev–Trinajstić information content (AvgIpc) is 2.90. The van der Waals surface area contributed by atoms with E-state index in [1.54, 1.807) is 16.7 Å². The maximum absolute atomic E-state index is 12.1. The number of nitrogens with zero attached hydrogens (tertiary/aromatic N) is 2. The Morgan fingerprint density at radius 1 is 1.33 bits per heavy atom. The van der Waals surface area contributed by atoms with Crippen LogP contribution in [0.25, 0.3) is 0 Å². The highest BCUT2D eigenvalue weighted by atomic mass is 32.2. The fourth-order valence-corrected chi connectivity index (χ4v) is 2.74. The SMILES string of the molecule is CCn1cnc(S(=O)(=O)Nc2ccc(CC(=O)O)cc2)c1. The zero-order valence-electron chi connectivity index (χ0n) is 11.4. The number of nitrogens with one attached hydrogen (secondary N) is 1. The van der Waals surface area contributed by atoms with Crippen molar-refractivity contribution in [3.63, 3.8) is 0 Å². The monoisotopic (exact) mass is 309 g/mol. The van der Waals surface area contributed by atoms with Gasteiger partial charge in [0.25, 0.3) is 10.0 Å². The van der Waals surface area contributed by atoms with Crippen LogP contribution >= 0.6 is 0 Å². The lowest BCUT2D eigenvalue weighted by atomic mass is 10.1. The van der Waals surface area contributed by atoms with Crippen molar-refractivity contribution >= 4 is 21.7 Å². The Balaban J connectivity index is 2.14. The molecule has 0 aliphatic heterocycles. The number of aliphatic carboxylic acids is 1. The van der Waals surface area contributed by atoms with E-state index in [9.17, 15) is 13.2 Å². The summed E-state index contributed by atoms with van der Waals surface area (Å²) in [5, 5.41) is 8.62. The van der Waals surface area contributed by atoms with Gasteiger partial charge >= 0.3 is 5.97 Å². The smallest absolute Gasteiger partial charge is 0.307 e. The van der Waals surface area contributed by atoms with Gasteiger partial charge in [-0.25, -0.2) is 4.98 Å². The molecule has 0 fully saturated rings. The maximum Gasteiger partial charge on any atom is 0.307 e. The number of hydrogen-bond acceptors (Lipinski definition) is 4. The van der Waals surface area contributed by atoms with Gasteiger partial charge in [0, 0.05) is 18.4 Å². The van der Waals surface area contributed by atoms with E-state index in [4.69, 9.17) is 5.11 Å². The van der Waals surface area contributed by atoms with Crippen LogP contribution < -0.4 is 4.72 Å². The molecule has 8 heteroatoms. The molecular formula is C13H15N3O4S. The summed E-state index contributed by atoms with van der Waals surface area (Å²) in [6.45, 7) is 2.51. The van der Waals surface area contributed by atoms with Crippen LogP contribution in [0.15, 0.2) is 41.8 Å². The molecule has 2 N–H and O–H groups in total. The zero-order valence-corrected chi connectivity index (χ0v) is 12.2. The molecule has 0 spiro atoms. The Bertz CT molecular complexity index is 735. The molecule has 1 aromatic heterocycles. The summed E-state index contributed by atoms with van der Waals surface area (Å²) in [7, 11) is -3.74. The van der Waals surface area contributed by atoms with Crippen molar-refractivity contribution in [3.8, 4) is 0 Å². The van der Waals surface area contributed by atoms with Crippen molar-refractivity contribution in [1.29, 1.82) is 0 Å². The quantitative estimate of drug-likeness (QED) is 0.838. The number of sulfonamides is 1. The standard InChI is InChI=1S/C13H15N3O4S/c1-2-16-8-12(14-9-16)21(19,20)15-11-5-3-10(4-6-11)7-13(17)18/h3-6,8-9,15H,2,7H2,1H3,(H,17,18). The Morgan fingerprint density at radius 3 is 2.52 bits per heavy atom. The van der Waals surface area contributed by atoms with E-state index in [-0.39, 0.29) is 11.4 Å². The third-order valence-electron chi connectivity index (χ3n) is 2.81. The third-order valence-corrected chi connectivity index (χ3v) is 4.08. The van der Waals surface area contributed by atoms with E-state index in [0.29, 0.717) is 17.8 Å². The minimum Gasteiger partial charge on any atom is -0.481 e. The largest absolute Gasteiger partial charge is 0.481 e. The van der Waals surface area contributed by atoms with Gasteiger partial charge in [-0.2, -0.15) is 8.42 Å². The molecule has 0 aliphatic rings. The summed E-state index contributed by atoms with van der Waals surface area (Å²) in [4.78, 5) is 14.4. The van der Waals surface area contributed by atoms with E-state index in [0.717, 1.165) is 0 Å². The van der Waals surface area contributed by atoms with Crippen LogP contribution in [0.3, 0.4) is 0 Å². The lowest BCUT2D eigenvalue weighted by Crippen LogP contribution is -2.13. The number of imidazole rings is 1. The fourth-order valence-electron chi connectivity index (χ4n) is 1.72. The second-order valence-electron chi connectivity index (χ2n) is 4.42. The molecule has 1 aromatic carbocycles. The minimum atomic E-state index is -3.74. The number of carbonyl (C=O) groups is 1. The second kappa shape index (κ2) is 5.96. The summed E-state index contributed by atoms with van der Waals surface area (Å²) < 4.78 is 28.3. The molecule has 2 aromatic rings. The predicted molar refractivity (Wildman–Crippen MR) is 76.5 cm³/mol. The topological polar surface area (TPSA) is 101 Å². The number of aryl methyl sites for hydroxylation is 1. The van der Waals surface area contributed by atoms with E-state index in [2.05, 4.69) is 9.71 Å². The maximum atomic E-state index is 12.1. The lowest BCUT2D eigenvalue weighted by molar-refractivity contribution is -0.136. The Morgan fingerprint density at radius 2 is 2.00 bits per heavy atom. The van der Waals surface area contributed by atoms with Gasteiger partial charge in [-0.3, -0.25) is 9.52 Å². The number of aromatic nitrogens is 2. The molecular weight excluding hydrogens is 294 g/mol. The second-order valence-corrected chi connectivity index (χ2v) is 6.04. The summed E-state index contributed by atoms with van der Waals surface area (Å²) in [6.07, 6.45) is 2.79. The minimum absolute atomic E-state index is 0.0565. The Kier molecular flexibility index (Phi) is 4.27. The van der Waals surface area contributed by atoms with Gasteiger partial charge in [-0.15, -0.1) is 0 Å². The summed E-state index contributed by atoms with van der Waals surface area (Å²) in [5.41, 5.74) is 0.955. The van der Waals surface area contributed by atoms with E-state index < -0.39 is 16.0 Å². The number of rotatable bonds is 6. The number of benzene rings is 1. The van der Waals surface area contributed by atoms with Crippen LogP contribution in [-0.4, -0.2) is 29.0 Å². The Labute approximate surface area is 122 Å². The van der Waals surface area contributed by atoms with Crippen LogP contribution in [0.4, 0.5) is 5.69 Å². The first-order chi connectivity index (χ1) is 9.90. The fraction of sp³-hybridized carbons (Fsp3) is 0.231. The van der Waals surface area contributed by atoms with Gasteiger partial charge < -0.3 is 9.67 Å². The summed E-state index contributed by atoms with van der Waals surface area (Å²) in [6, 6.07) is 6.17. The molecule has 1 heterocycles. The summed E-state index contributed by atoms with van der Waals surface area (Å²) in [5.74, 6) is -0.937. The molecule has 0 amide bonds. The number of anilines is 1. The van der Waals surface area contributed by atoms with Gasteiger partial charge in [-0.05, 0) is 24.6 Å². The lowest BCUT2D eigenvalue weighted by Gasteiger charge is -2.06. The van der Waals surface area contributed by atoms with Gasteiger partial charge in [-0.1, -0.05) is 12.1 Å². The van der Waals surface area contributed by atoms with Crippen molar-refractivity contribution in [3.05, 3.63) is 42.4 Å². The molecule has 0 aliphatic carbocycles. The van der Waals surface area contributed by atoms with Crippen molar-refractivity contribution < 1.29 is 18.3 Å². The summed E-state index contributed by atoms with van der Waals surface area (Å²) >= 11 is 0. The molecule has 0 unspecified atom stereocenters. The first-order valence-corrected chi connectivity index (χ1v) is 7.74. The highest BCUT2D eigenvalue weighted by molar-refractivity contribution is 7.92. The average molecular weight is 309 g/mol. The molecule has 0 atom stereocenters. The molecule has 2 rings (SSSR count). The zero-order chi connectivity index (χ0) is 15.5. The van der Waals surface area contributed by atoms with Gasteiger partial charge in [0.2, 0.25) is 0 Å². The Hall–Kier alpha value is -2.35. The van der Waals surface area contributed by atoms with Crippen LogP contribution in [0.2, 0.25) is 0 Å². The molecule has 0 radical (unpaired) electrons. The molecule has 0 bridgehead atoms. The van der Waals surface area contributed by atoms with Gasteiger partial charge in [0.15, 0.2) is 5.03 Å². The molecule has 21 heavy (non-hydrogen) atoms. The van der Waals surface area contributed by atoms with Crippen LogP contribution in [-0.2, 0) is 27.8 Å². The van der Waals surface area contributed by atoms with E-state index >= 15 is 0 Å². The van der Waals surface area contributed by atoms with Crippen LogP contribution in [0.1, 0.15) is 12.5 Å². The number of carboxylic acid groups (broad SMARTS) is 1. The van der Waals surface area contributed by atoms with Gasteiger partial charge in [0.05, 0.1) is 12.7 Å². The predicted octanol–water partition coefficient (Wildman–Crippen LogP) is 1.33. The van der Waals surface area contributed by atoms with Crippen molar-refractivity contribution in [1.82, 2.24) is 9.55 Å². The van der Waals surface area contributed by atoms with E-state index in [1.165, 1.54) is 24.7 Å². The van der Waals surface area contributed by atoms with Crippen molar-refractivity contribution in [2.24, 2.45) is 0 Å². The van der Waals surface area contributed by atoms with Crippen molar-refractivity contribution in [2.45, 2.75) is 24.9 Å². The third kappa shape index (κ3) is 3.82. The molecule has 112 valence electrons. The first-order valence-electron chi connectivity index (χ1n) is 6.26. The molecule has 0 saturated carbocycles. The van der Waals surface area contributed by atoms with Crippen molar-refractivity contribution in [2.75, 3.05) is 4.72 Å². The number of carboxylic acids is 1. The first kappa shape index (κ1) is 15.0. The van der Waals surface area contributed by atoms with Gasteiger partial charge in [0.1, 0.15) is 0 Å². The van der Waals surface area contributed by atoms with E-state index in [1.807, 2.05) is 6.92 Å². The number of hydrogen-bond donors (Lipinski definition) is 2. The molecule has 0 saturated heterocycles. The highest BCUT2D eigenvalue weighted by Gasteiger charge is 2.17. The van der Waals surface area contributed by atoms with Crippen LogP contribution in [0.5, 0.6) is 0 Å². The van der Waals surface area contributed by atoms with Crippen LogP contribution in [0, 0.1) is 0 Å². The molecule has 7 nitrogen and oxygen atoms in total. The normalized spacial score (nSPS) is 11.3. The highest BCUT2D eigenvalue weighted by Crippen LogP contribution is 2.15.